The zero-order valence-corrected chi connectivity index (χ0v) is 52.5. The number of aromatic nitrogens is 7. The number of aryl methyl sites for hydroxylation is 8. The molecule has 7 N–H and O–H groups in total. The zero-order chi connectivity index (χ0) is 59.4. The highest BCUT2D eigenvalue weighted by Crippen LogP contribution is 2.53. The summed E-state index contributed by atoms with van der Waals surface area (Å²) in [6, 6.07) is 37.3. The van der Waals surface area contributed by atoms with Crippen molar-refractivity contribution in [1.82, 2.24) is 34.9 Å². The van der Waals surface area contributed by atoms with Crippen molar-refractivity contribution in [1.29, 1.82) is 0 Å². The van der Waals surface area contributed by atoms with Crippen LogP contribution in [0.15, 0.2) is 97.1 Å². The number of anilines is 2. The fourth-order valence-corrected chi connectivity index (χ4v) is 17.5. The van der Waals surface area contributed by atoms with Gasteiger partial charge in [-0.15, -0.1) is 0 Å². The number of benzene rings is 8. The fourth-order valence-electron chi connectivity index (χ4n) is 17.5. The number of nitrogens with one attached hydrogen (secondary N) is 7. The Morgan fingerprint density at radius 2 is 0.568 bits per heavy atom. The molecule has 0 spiro atoms. The van der Waals surface area contributed by atoms with Gasteiger partial charge in [-0.3, -0.25) is 5.32 Å². The van der Waals surface area contributed by atoms with Crippen LogP contribution >= 0.6 is 0 Å². The van der Waals surface area contributed by atoms with E-state index < -0.39 is 0 Å². The van der Waals surface area contributed by atoms with Crippen LogP contribution in [-0.4, -0.2) is 34.9 Å². The summed E-state index contributed by atoms with van der Waals surface area (Å²) >= 11 is 0. The van der Waals surface area contributed by atoms with E-state index in [9.17, 15) is 0 Å². The van der Waals surface area contributed by atoms with Gasteiger partial charge >= 0.3 is 0 Å². The topological polar surface area (TPSA) is 120 Å². The molecule has 0 saturated heterocycles. The second-order valence-corrected chi connectivity index (χ2v) is 25.9. The van der Waals surface area contributed by atoms with Crippen LogP contribution in [0.2, 0.25) is 0 Å². The maximum absolute atomic E-state index is 6.12. The molecule has 15 aromatic rings. The molecule has 0 radical (unpaired) electrons. The molecule has 0 fully saturated rings. The van der Waals surface area contributed by atoms with E-state index in [0.717, 1.165) is 125 Å². The molecule has 438 valence electrons. The van der Waals surface area contributed by atoms with Gasteiger partial charge in [-0.2, -0.15) is 0 Å². The molecular weight excluding hydrogens is 1070 g/mol. The van der Waals surface area contributed by atoms with Gasteiger partial charge in [-0.25, -0.2) is 4.98 Å². The number of hydrogen-bond acceptors (Lipinski definition) is 2. The molecule has 0 atom stereocenters. The molecule has 17 rings (SSSR count). The molecule has 0 saturated carbocycles. The lowest BCUT2D eigenvalue weighted by Gasteiger charge is -2.08. The Bertz CT molecular complexity index is 5710. The fraction of sp³-hybridized carbons (Fsp3) is 0.300. The van der Waals surface area contributed by atoms with E-state index in [0.29, 0.717) is 0 Å². The van der Waals surface area contributed by atoms with Gasteiger partial charge in [0, 0.05) is 55.1 Å². The smallest absolute Gasteiger partial charge is 0.160 e. The van der Waals surface area contributed by atoms with Crippen LogP contribution in [0.4, 0.5) is 11.4 Å². The summed E-state index contributed by atoms with van der Waals surface area (Å²) in [6.07, 6.45) is 15.6. The highest BCUT2D eigenvalue weighted by Gasteiger charge is 2.35. The van der Waals surface area contributed by atoms with Crippen molar-refractivity contribution < 1.29 is 0 Å². The van der Waals surface area contributed by atoms with Gasteiger partial charge in [0.25, 0.3) is 0 Å². The zero-order valence-electron chi connectivity index (χ0n) is 52.5. The lowest BCUT2D eigenvalue weighted by molar-refractivity contribution is 0.930. The van der Waals surface area contributed by atoms with E-state index in [4.69, 9.17) is 4.98 Å². The molecule has 8 aromatic carbocycles. The summed E-state index contributed by atoms with van der Waals surface area (Å²) in [5.41, 5.74) is 29.9. The molecular formula is C80H79N8+. The lowest BCUT2D eigenvalue weighted by Crippen LogP contribution is -1.92. The summed E-state index contributed by atoms with van der Waals surface area (Å²) < 4.78 is 0. The molecule has 8 nitrogen and oxygen atoms in total. The maximum atomic E-state index is 6.12. The number of nitrogens with zero attached hydrogens (tertiary/aromatic N) is 1. The minimum Gasteiger partial charge on any atom is -0.351 e. The average Bonchev–Trinajstić information content (AvgIpc) is 1.62. The number of rotatable bonds is 16. The Balaban J connectivity index is 1.18. The third-order valence-corrected chi connectivity index (χ3v) is 20.6. The van der Waals surface area contributed by atoms with Gasteiger partial charge in [0.05, 0.1) is 77.2 Å². The minimum absolute atomic E-state index is 0.912. The second kappa shape index (κ2) is 20.3. The summed E-state index contributed by atoms with van der Waals surface area (Å²) in [7, 11) is 0. The van der Waals surface area contributed by atoms with E-state index >= 15 is 0 Å². The Hall–Kier alpha value is -8.88. The predicted molar refractivity (Wildman–Crippen MR) is 381 cm³/mol. The van der Waals surface area contributed by atoms with Crippen molar-refractivity contribution in [2.45, 2.75) is 158 Å². The Morgan fingerprint density at radius 3 is 0.909 bits per heavy atom. The number of fused-ring (bicyclic) bond motifs is 24. The van der Waals surface area contributed by atoms with Crippen molar-refractivity contribution in [3.63, 3.8) is 0 Å². The molecule has 2 aliphatic rings. The molecule has 88 heavy (non-hydrogen) atoms. The van der Waals surface area contributed by atoms with Crippen molar-refractivity contribution in [2.24, 2.45) is 0 Å². The first-order valence-corrected chi connectivity index (χ1v) is 33.7. The van der Waals surface area contributed by atoms with Crippen LogP contribution in [0.25, 0.3) is 163 Å². The molecule has 0 unspecified atom stereocenters. The van der Waals surface area contributed by atoms with E-state index in [1.165, 1.54) is 197 Å². The largest absolute Gasteiger partial charge is 0.351 e. The van der Waals surface area contributed by atoms with Crippen LogP contribution in [0, 0.1) is 0 Å². The van der Waals surface area contributed by atoms with E-state index in [2.05, 4.69) is 188 Å². The maximum Gasteiger partial charge on any atom is 0.160 e. The van der Waals surface area contributed by atoms with Crippen LogP contribution in [0.5, 0.6) is 0 Å². The number of H-pyrrole nitrogens is 6. The van der Waals surface area contributed by atoms with E-state index in [1.54, 1.807) is 0 Å². The third-order valence-electron chi connectivity index (χ3n) is 20.6. The van der Waals surface area contributed by atoms with E-state index in [-0.39, 0.29) is 0 Å². The van der Waals surface area contributed by atoms with Crippen LogP contribution in [0.3, 0.4) is 0 Å². The highest BCUT2D eigenvalue weighted by molar-refractivity contribution is 6.35. The van der Waals surface area contributed by atoms with E-state index in [1.807, 2.05) is 0 Å². The number of aromatic amines is 6. The highest BCUT2D eigenvalue weighted by atomic mass is 15.0. The standard InChI is InChI=1S/C80H79N8/c1-9-25-49-57-41-33-17-18-34-42(41)58-51(27-11-3)67-68-53(29-13-5)61-45-37-21-22-38-46(45)63-55(31-15-7)71(87-78(63)77(61)85-68)72-56(32-16-8)64-48-40-24-23-39-47(48)62-54(30-14-6)70(86-79(62)80(64)88-72)69-52(28-12-4)60-44-36-20-19-35-43(44)59-50(26-10-2)66(82-75(59)76(60)84-69)65(49)81-73(57)74(58)83-67/h17-24,33-40,81-87H,9-16,25-32H2,1-8H3/q+1. The predicted octanol–water partition coefficient (Wildman–Crippen LogP) is 22.9. The monoisotopic (exact) mass is 1150 g/mol. The Kier molecular flexibility index (Phi) is 12.3. The molecule has 8 heteroatoms. The van der Waals surface area contributed by atoms with Gasteiger partial charge in [-0.1, -0.05) is 185 Å². The molecule has 0 aliphatic carbocycles. The Morgan fingerprint density at radius 1 is 0.284 bits per heavy atom. The van der Waals surface area contributed by atoms with Crippen molar-refractivity contribution in [3.05, 3.63) is 142 Å². The van der Waals surface area contributed by atoms with Crippen molar-refractivity contribution in [3.8, 4) is 0 Å². The van der Waals surface area contributed by atoms with Gasteiger partial charge in [0.1, 0.15) is 16.4 Å². The summed E-state index contributed by atoms with van der Waals surface area (Å²) in [4.78, 5) is 32.3. The minimum atomic E-state index is 0.912. The molecule has 2 aliphatic heterocycles. The summed E-state index contributed by atoms with van der Waals surface area (Å²) in [5, 5.41) is 25.4. The molecule has 9 heterocycles. The Labute approximate surface area is 511 Å². The first-order chi connectivity index (χ1) is 43.4. The van der Waals surface area contributed by atoms with Gasteiger partial charge in [-0.05, 0) is 129 Å². The van der Waals surface area contributed by atoms with Crippen LogP contribution in [0.1, 0.15) is 151 Å². The summed E-state index contributed by atoms with van der Waals surface area (Å²) in [6.45, 7) is 18.8. The van der Waals surface area contributed by atoms with Crippen molar-refractivity contribution >= 4 is 175 Å². The molecule has 7 aromatic heterocycles. The summed E-state index contributed by atoms with van der Waals surface area (Å²) in [5.74, 6) is 0. The van der Waals surface area contributed by atoms with Gasteiger partial charge < -0.3 is 29.9 Å². The van der Waals surface area contributed by atoms with Crippen LogP contribution < -0.4 is 5.32 Å². The van der Waals surface area contributed by atoms with Crippen LogP contribution in [-0.2, 0) is 51.4 Å². The first-order valence-electron chi connectivity index (χ1n) is 33.7. The van der Waals surface area contributed by atoms with Crippen molar-refractivity contribution in [2.75, 3.05) is 5.32 Å². The molecule has 16 bridgehead atoms. The lowest BCUT2D eigenvalue weighted by atomic mass is 9.93. The average molecular weight is 1150 g/mol. The second-order valence-electron chi connectivity index (χ2n) is 25.9. The quantitative estimate of drug-likeness (QED) is 0.0488. The van der Waals surface area contributed by atoms with Gasteiger partial charge in [0.2, 0.25) is 0 Å². The SMILES string of the molecule is CCCc1c2nc3c4c(c5ccccc5c13)[c+](CCC)c(c1[nH]c3c5[nH]c(c(CCC)c5c5ccccc5c3c1CCC)c1[nH]c3c5[nH]c(c(CCC)c5c5ccccc5c3c1CCC)c1[nH]c3c5[nH]c2c(CCC)c5c2ccccc2c3c1CCC)N4. The first kappa shape index (κ1) is 53.4. The number of hydrogen-bond donors (Lipinski definition) is 7. The normalized spacial score (nSPS) is 12.9. The van der Waals surface area contributed by atoms with Gasteiger partial charge in [0.15, 0.2) is 11.4 Å². The molecule has 0 amide bonds. The third kappa shape index (κ3) is 7.09.